The van der Waals surface area contributed by atoms with Crippen LogP contribution < -0.4 is 5.73 Å². The molecule has 1 aromatic rings. The van der Waals surface area contributed by atoms with E-state index in [1.165, 1.54) is 12.1 Å². The van der Waals surface area contributed by atoms with E-state index in [0.717, 1.165) is 0 Å². The summed E-state index contributed by atoms with van der Waals surface area (Å²) in [5.41, 5.74) is 5.63. The molecule has 0 radical (unpaired) electrons. The van der Waals surface area contributed by atoms with E-state index in [0.29, 0.717) is 17.3 Å². The van der Waals surface area contributed by atoms with Gasteiger partial charge in [-0.05, 0) is 25.0 Å². The first-order chi connectivity index (χ1) is 7.06. The number of benzene rings is 1. The van der Waals surface area contributed by atoms with Gasteiger partial charge in [-0.15, -0.1) is 6.58 Å². The third-order valence-corrected chi connectivity index (χ3v) is 2.55. The maximum atomic E-state index is 13.4. The molecule has 82 valence electrons. The zero-order valence-electron chi connectivity index (χ0n) is 8.14. The zero-order chi connectivity index (χ0) is 11.4. The quantitative estimate of drug-likeness (QED) is 0.834. The van der Waals surface area contributed by atoms with Crippen molar-refractivity contribution in [2.75, 3.05) is 0 Å². The fourth-order valence-corrected chi connectivity index (χ4v) is 1.75. The molecule has 0 aliphatic heterocycles. The van der Waals surface area contributed by atoms with Crippen molar-refractivity contribution < 1.29 is 8.78 Å². The summed E-state index contributed by atoms with van der Waals surface area (Å²) in [6, 6.07) is 1.80. The largest absolute Gasteiger partial charge is 0.324 e. The fraction of sp³-hybridized carbons (Fsp3) is 0.273. The Balaban J connectivity index is 2.97. The van der Waals surface area contributed by atoms with Crippen molar-refractivity contribution in [1.82, 2.24) is 0 Å². The molecule has 0 heterocycles. The number of nitrogens with two attached hydrogens (primary N) is 1. The Morgan fingerprint density at radius 1 is 1.40 bits per heavy atom. The normalized spacial score (nSPS) is 12.5. The molecule has 0 amide bonds. The second-order valence-corrected chi connectivity index (χ2v) is 4.17. The molecule has 0 bridgehead atoms. The topological polar surface area (TPSA) is 26.0 Å². The molecule has 1 unspecified atom stereocenters. The Morgan fingerprint density at radius 3 is 2.40 bits per heavy atom. The van der Waals surface area contributed by atoms with Gasteiger partial charge in [0.1, 0.15) is 11.6 Å². The average molecular weight is 276 g/mol. The van der Waals surface area contributed by atoms with Crippen molar-refractivity contribution in [2.24, 2.45) is 5.73 Å². The van der Waals surface area contributed by atoms with Crippen LogP contribution in [-0.2, 0) is 0 Å². The molecule has 0 fully saturated rings. The molecule has 0 spiro atoms. The molecule has 0 saturated heterocycles. The first kappa shape index (κ1) is 12.3. The number of allylic oxidation sites excluding steroid dienone is 1. The lowest BCUT2D eigenvalue weighted by Crippen LogP contribution is -2.14. The van der Waals surface area contributed by atoms with Gasteiger partial charge < -0.3 is 5.73 Å². The molecular weight excluding hydrogens is 264 g/mol. The standard InChI is InChI=1S/C11H12BrF2N/c1-2-3-4-10(15)11-8(13)5-7(12)6-9(11)14/h2,5-6,10H,1,3-4,15H2. The molecule has 0 saturated carbocycles. The molecule has 2 N–H and O–H groups in total. The molecule has 4 heteroatoms. The third kappa shape index (κ3) is 3.11. The Kier molecular flexibility index (Phi) is 4.42. The Bertz CT molecular complexity index is 343. The van der Waals surface area contributed by atoms with E-state index >= 15 is 0 Å². The monoisotopic (exact) mass is 275 g/mol. The molecule has 15 heavy (non-hydrogen) atoms. The summed E-state index contributed by atoms with van der Waals surface area (Å²) in [6.07, 6.45) is 2.80. The van der Waals surface area contributed by atoms with Gasteiger partial charge in [0.25, 0.3) is 0 Å². The summed E-state index contributed by atoms with van der Waals surface area (Å²) in [5, 5.41) is 0. The van der Waals surface area contributed by atoms with E-state index in [9.17, 15) is 8.78 Å². The first-order valence-corrected chi connectivity index (χ1v) is 5.36. The number of rotatable bonds is 4. The number of hydrogen-bond acceptors (Lipinski definition) is 1. The van der Waals surface area contributed by atoms with Crippen LogP contribution >= 0.6 is 15.9 Å². The van der Waals surface area contributed by atoms with Crippen molar-refractivity contribution in [1.29, 1.82) is 0 Å². The minimum absolute atomic E-state index is 0.0555. The summed E-state index contributed by atoms with van der Waals surface area (Å²) >= 11 is 3.01. The van der Waals surface area contributed by atoms with Gasteiger partial charge in [0.2, 0.25) is 0 Å². The molecule has 0 aliphatic rings. The van der Waals surface area contributed by atoms with Gasteiger partial charge in [-0.2, -0.15) is 0 Å². The van der Waals surface area contributed by atoms with E-state index in [2.05, 4.69) is 22.5 Å². The minimum Gasteiger partial charge on any atom is -0.324 e. The molecule has 1 rings (SSSR count). The number of hydrogen-bond donors (Lipinski definition) is 1. The highest BCUT2D eigenvalue weighted by Crippen LogP contribution is 2.25. The molecule has 0 aromatic heterocycles. The lowest BCUT2D eigenvalue weighted by atomic mass is 10.0. The van der Waals surface area contributed by atoms with Gasteiger partial charge in [-0.3, -0.25) is 0 Å². The minimum atomic E-state index is -0.629. The van der Waals surface area contributed by atoms with E-state index in [-0.39, 0.29) is 5.56 Å². The van der Waals surface area contributed by atoms with Crippen molar-refractivity contribution in [3.8, 4) is 0 Å². The zero-order valence-corrected chi connectivity index (χ0v) is 9.73. The van der Waals surface area contributed by atoms with E-state index in [1.807, 2.05) is 0 Å². The summed E-state index contributed by atoms with van der Waals surface area (Å²) in [5.74, 6) is -1.23. The van der Waals surface area contributed by atoms with Crippen LogP contribution in [0, 0.1) is 11.6 Å². The maximum Gasteiger partial charge on any atom is 0.132 e. The SMILES string of the molecule is C=CCCC(N)c1c(F)cc(Br)cc1F. The fourth-order valence-electron chi connectivity index (χ4n) is 1.35. The summed E-state index contributed by atoms with van der Waals surface area (Å²) in [4.78, 5) is 0. The Morgan fingerprint density at radius 2 is 1.93 bits per heavy atom. The molecule has 1 nitrogen and oxygen atoms in total. The van der Waals surface area contributed by atoms with Crippen LogP contribution in [0.15, 0.2) is 29.3 Å². The van der Waals surface area contributed by atoms with E-state index < -0.39 is 17.7 Å². The Hall–Kier alpha value is -0.740. The van der Waals surface area contributed by atoms with Gasteiger partial charge in [0.05, 0.1) is 0 Å². The van der Waals surface area contributed by atoms with Crippen LogP contribution in [0.2, 0.25) is 0 Å². The van der Waals surface area contributed by atoms with Crippen LogP contribution in [0.4, 0.5) is 8.78 Å². The molecular formula is C11H12BrF2N. The van der Waals surface area contributed by atoms with Crippen LogP contribution in [0.1, 0.15) is 24.4 Å². The average Bonchev–Trinajstić information content (AvgIpc) is 2.12. The van der Waals surface area contributed by atoms with Crippen molar-refractivity contribution >= 4 is 15.9 Å². The molecule has 0 aliphatic carbocycles. The Labute approximate surface area is 96.1 Å². The molecule has 1 aromatic carbocycles. The lowest BCUT2D eigenvalue weighted by Gasteiger charge is -2.13. The third-order valence-electron chi connectivity index (χ3n) is 2.10. The summed E-state index contributed by atoms with van der Waals surface area (Å²) in [6.45, 7) is 3.53. The van der Waals surface area contributed by atoms with Gasteiger partial charge >= 0.3 is 0 Å². The highest BCUT2D eigenvalue weighted by Gasteiger charge is 2.16. The van der Waals surface area contributed by atoms with Gasteiger partial charge in [-0.25, -0.2) is 8.78 Å². The van der Waals surface area contributed by atoms with Crippen molar-refractivity contribution in [2.45, 2.75) is 18.9 Å². The van der Waals surface area contributed by atoms with Crippen LogP contribution in [0.3, 0.4) is 0 Å². The second kappa shape index (κ2) is 5.37. The van der Waals surface area contributed by atoms with E-state index in [1.54, 1.807) is 6.08 Å². The maximum absolute atomic E-state index is 13.4. The highest BCUT2D eigenvalue weighted by molar-refractivity contribution is 9.10. The summed E-state index contributed by atoms with van der Waals surface area (Å²) < 4.78 is 27.2. The number of halogens is 3. The van der Waals surface area contributed by atoms with Crippen LogP contribution in [0.25, 0.3) is 0 Å². The van der Waals surface area contributed by atoms with Gasteiger partial charge in [-0.1, -0.05) is 22.0 Å². The predicted octanol–water partition coefficient (Wildman–Crippen LogP) is 3.69. The van der Waals surface area contributed by atoms with Gasteiger partial charge in [0, 0.05) is 16.1 Å². The van der Waals surface area contributed by atoms with Crippen LogP contribution in [-0.4, -0.2) is 0 Å². The highest BCUT2D eigenvalue weighted by atomic mass is 79.9. The van der Waals surface area contributed by atoms with Crippen molar-refractivity contribution in [3.63, 3.8) is 0 Å². The van der Waals surface area contributed by atoms with E-state index in [4.69, 9.17) is 5.73 Å². The molecule has 1 atom stereocenters. The summed E-state index contributed by atoms with van der Waals surface area (Å²) in [7, 11) is 0. The predicted molar refractivity (Wildman–Crippen MR) is 60.4 cm³/mol. The lowest BCUT2D eigenvalue weighted by molar-refractivity contribution is 0.513. The van der Waals surface area contributed by atoms with Crippen LogP contribution in [0.5, 0.6) is 0 Å². The smallest absolute Gasteiger partial charge is 0.132 e. The van der Waals surface area contributed by atoms with Crippen molar-refractivity contribution in [3.05, 3.63) is 46.5 Å². The van der Waals surface area contributed by atoms with Gasteiger partial charge in [0.15, 0.2) is 0 Å². The second-order valence-electron chi connectivity index (χ2n) is 3.26. The first-order valence-electron chi connectivity index (χ1n) is 4.57.